The van der Waals surface area contributed by atoms with Crippen molar-refractivity contribution in [2.75, 3.05) is 39.4 Å². The number of halogens is 1. The summed E-state index contributed by atoms with van der Waals surface area (Å²) < 4.78 is 7.35. The average molecular weight is 403 g/mol. The van der Waals surface area contributed by atoms with Crippen LogP contribution in [0.3, 0.4) is 0 Å². The van der Waals surface area contributed by atoms with Crippen molar-refractivity contribution in [2.24, 2.45) is 0 Å². The molecule has 4 rings (SSSR count). The normalized spacial score (nSPS) is 20.9. The van der Waals surface area contributed by atoms with Crippen molar-refractivity contribution in [1.29, 1.82) is 0 Å². The Hall–Kier alpha value is -1.89. The van der Waals surface area contributed by atoms with Crippen molar-refractivity contribution in [1.82, 2.24) is 19.6 Å². The van der Waals surface area contributed by atoms with Crippen LogP contribution in [0.4, 0.5) is 0 Å². The number of aromatic nitrogens is 2. The van der Waals surface area contributed by atoms with E-state index in [1.807, 2.05) is 33.8 Å². The van der Waals surface area contributed by atoms with E-state index < -0.39 is 0 Å². The maximum Gasteiger partial charge on any atom is 0.257 e. The molecule has 150 valence electrons. The van der Waals surface area contributed by atoms with E-state index in [1.165, 1.54) is 0 Å². The lowest BCUT2D eigenvalue weighted by Gasteiger charge is -2.37. The predicted molar refractivity (Wildman–Crippen MR) is 109 cm³/mol. The summed E-state index contributed by atoms with van der Waals surface area (Å²) in [5.41, 5.74) is 2.49. The van der Waals surface area contributed by atoms with Crippen molar-refractivity contribution in [3.05, 3.63) is 46.7 Å². The minimum absolute atomic E-state index is 0.0688. The number of carbonyl (C=O) groups is 1. The fraction of sp³-hybridized carbons (Fsp3) is 0.524. The Bertz CT molecular complexity index is 837. The fourth-order valence-corrected chi connectivity index (χ4v) is 4.35. The molecular weight excluding hydrogens is 376 g/mol. The third kappa shape index (κ3) is 3.81. The van der Waals surface area contributed by atoms with E-state index in [-0.39, 0.29) is 11.8 Å². The summed E-state index contributed by atoms with van der Waals surface area (Å²) >= 11 is 6.16. The van der Waals surface area contributed by atoms with E-state index >= 15 is 0 Å². The number of rotatable bonds is 4. The lowest BCUT2D eigenvalue weighted by atomic mass is 10.0. The predicted octanol–water partition coefficient (Wildman–Crippen LogP) is 3.20. The summed E-state index contributed by atoms with van der Waals surface area (Å²) in [5.74, 6) is 0.233. The van der Waals surface area contributed by atoms with Gasteiger partial charge in [0.15, 0.2) is 0 Å². The second-order valence-corrected chi connectivity index (χ2v) is 8.27. The molecule has 0 bridgehead atoms. The molecule has 1 aromatic carbocycles. The Morgan fingerprint density at radius 2 is 2.04 bits per heavy atom. The highest BCUT2D eigenvalue weighted by Gasteiger charge is 2.31. The second kappa shape index (κ2) is 8.23. The van der Waals surface area contributed by atoms with Gasteiger partial charge < -0.3 is 9.64 Å². The van der Waals surface area contributed by atoms with Crippen LogP contribution in [-0.4, -0.2) is 70.9 Å². The van der Waals surface area contributed by atoms with Gasteiger partial charge in [-0.3, -0.25) is 9.69 Å². The first-order valence-corrected chi connectivity index (χ1v) is 10.4. The number of nitrogens with zero attached hydrogens (tertiary/aromatic N) is 4. The van der Waals surface area contributed by atoms with Gasteiger partial charge in [0, 0.05) is 43.9 Å². The summed E-state index contributed by atoms with van der Waals surface area (Å²) in [7, 11) is 0. The maximum absolute atomic E-state index is 13.3. The molecule has 0 radical (unpaired) electrons. The van der Waals surface area contributed by atoms with Gasteiger partial charge in [0.2, 0.25) is 0 Å². The zero-order valence-electron chi connectivity index (χ0n) is 16.5. The van der Waals surface area contributed by atoms with Crippen molar-refractivity contribution < 1.29 is 9.53 Å². The molecule has 7 heteroatoms. The van der Waals surface area contributed by atoms with Crippen molar-refractivity contribution in [3.8, 4) is 5.69 Å². The minimum atomic E-state index is 0.0688. The zero-order valence-corrected chi connectivity index (χ0v) is 17.2. The number of hydrogen-bond donors (Lipinski definition) is 0. The average Bonchev–Trinajstić information content (AvgIpc) is 3.37. The topological polar surface area (TPSA) is 50.6 Å². The quantitative estimate of drug-likeness (QED) is 0.788. The number of carbonyl (C=O) groups excluding carboxylic acids is 1. The molecule has 2 saturated heterocycles. The van der Waals surface area contributed by atoms with Crippen LogP contribution in [0.5, 0.6) is 0 Å². The highest BCUT2D eigenvalue weighted by molar-refractivity contribution is 6.30. The Morgan fingerprint density at radius 3 is 2.68 bits per heavy atom. The standard InChI is InChI=1S/C21H27ClN4O2/c1-15(2)20-19(13-23-26(20)17-5-3-4-16(22)12-17)21(27)25-9-7-24(8-10-25)18-6-11-28-14-18/h3-5,12-13,15,18H,6-11,14H2,1-2H3/t18-/m1/s1. The number of benzene rings is 1. The number of ether oxygens (including phenoxy) is 1. The van der Waals surface area contributed by atoms with Gasteiger partial charge in [-0.15, -0.1) is 0 Å². The van der Waals surface area contributed by atoms with Gasteiger partial charge in [-0.05, 0) is 30.5 Å². The van der Waals surface area contributed by atoms with E-state index in [4.69, 9.17) is 16.3 Å². The van der Waals surface area contributed by atoms with Crippen molar-refractivity contribution in [2.45, 2.75) is 32.2 Å². The summed E-state index contributed by atoms with van der Waals surface area (Å²) in [5, 5.41) is 5.18. The molecule has 2 fully saturated rings. The summed E-state index contributed by atoms with van der Waals surface area (Å²) in [6.07, 6.45) is 2.80. The van der Waals surface area contributed by atoms with Crippen LogP contribution in [0.2, 0.25) is 5.02 Å². The monoisotopic (exact) mass is 402 g/mol. The lowest BCUT2D eigenvalue weighted by molar-refractivity contribution is 0.0548. The minimum Gasteiger partial charge on any atom is -0.380 e. The Kier molecular flexibility index (Phi) is 5.71. The molecule has 2 aromatic rings. The molecule has 1 amide bonds. The molecule has 0 unspecified atom stereocenters. The summed E-state index contributed by atoms with van der Waals surface area (Å²) in [6.45, 7) is 9.14. The lowest BCUT2D eigenvalue weighted by Crippen LogP contribution is -2.52. The van der Waals surface area contributed by atoms with Gasteiger partial charge in [0.1, 0.15) is 0 Å². The molecule has 0 aliphatic carbocycles. The van der Waals surface area contributed by atoms with Crippen molar-refractivity contribution >= 4 is 17.5 Å². The van der Waals surface area contributed by atoms with Crippen molar-refractivity contribution in [3.63, 3.8) is 0 Å². The molecule has 1 atom stereocenters. The van der Waals surface area contributed by atoms with Gasteiger partial charge in [0.05, 0.1) is 29.7 Å². The molecule has 3 heterocycles. The molecule has 0 saturated carbocycles. The molecule has 28 heavy (non-hydrogen) atoms. The molecule has 0 N–H and O–H groups in total. The first-order valence-electron chi connectivity index (χ1n) is 9.99. The van der Waals surface area contributed by atoms with E-state index in [0.717, 1.165) is 57.2 Å². The van der Waals surface area contributed by atoms with Crippen LogP contribution in [0, 0.1) is 0 Å². The van der Waals surface area contributed by atoms with E-state index in [9.17, 15) is 4.79 Å². The highest BCUT2D eigenvalue weighted by atomic mass is 35.5. The zero-order chi connectivity index (χ0) is 19.7. The van der Waals surface area contributed by atoms with Crippen LogP contribution in [0.1, 0.15) is 42.2 Å². The molecule has 2 aliphatic heterocycles. The second-order valence-electron chi connectivity index (χ2n) is 7.84. The summed E-state index contributed by atoms with van der Waals surface area (Å²) in [4.78, 5) is 17.7. The van der Waals surface area contributed by atoms with E-state index in [1.54, 1.807) is 6.20 Å². The number of hydrogen-bond acceptors (Lipinski definition) is 4. The first-order chi connectivity index (χ1) is 13.5. The van der Waals surface area contributed by atoms with E-state index in [0.29, 0.717) is 16.6 Å². The first kappa shape index (κ1) is 19.4. The van der Waals surface area contributed by atoms with Crippen LogP contribution < -0.4 is 0 Å². The maximum atomic E-state index is 13.3. The molecular formula is C21H27ClN4O2. The van der Waals surface area contributed by atoms with E-state index in [2.05, 4.69) is 23.8 Å². The van der Waals surface area contributed by atoms with Gasteiger partial charge in [-0.2, -0.15) is 5.10 Å². The van der Waals surface area contributed by atoms with Gasteiger partial charge in [-0.1, -0.05) is 31.5 Å². The Balaban J connectivity index is 1.53. The van der Waals surface area contributed by atoms with Crippen LogP contribution in [-0.2, 0) is 4.74 Å². The largest absolute Gasteiger partial charge is 0.380 e. The SMILES string of the molecule is CC(C)c1c(C(=O)N2CCN([C@@H]3CCOC3)CC2)cnn1-c1cccc(Cl)c1. The Labute approximate surface area is 171 Å². The Morgan fingerprint density at radius 1 is 1.25 bits per heavy atom. The third-order valence-electron chi connectivity index (χ3n) is 5.66. The van der Waals surface area contributed by atoms with Gasteiger partial charge >= 0.3 is 0 Å². The highest BCUT2D eigenvalue weighted by Crippen LogP contribution is 2.26. The number of amides is 1. The summed E-state index contributed by atoms with van der Waals surface area (Å²) in [6, 6.07) is 8.08. The van der Waals surface area contributed by atoms with Crippen LogP contribution in [0.25, 0.3) is 5.69 Å². The van der Waals surface area contributed by atoms with Gasteiger partial charge in [0.25, 0.3) is 5.91 Å². The number of piperazine rings is 1. The third-order valence-corrected chi connectivity index (χ3v) is 5.90. The van der Waals surface area contributed by atoms with Crippen LogP contribution >= 0.6 is 11.6 Å². The fourth-order valence-electron chi connectivity index (χ4n) is 4.16. The molecule has 2 aliphatic rings. The smallest absolute Gasteiger partial charge is 0.257 e. The van der Waals surface area contributed by atoms with Crippen LogP contribution in [0.15, 0.2) is 30.5 Å². The molecule has 1 aromatic heterocycles. The molecule has 0 spiro atoms. The molecule has 6 nitrogen and oxygen atoms in total. The van der Waals surface area contributed by atoms with Gasteiger partial charge in [-0.25, -0.2) is 4.68 Å².